The summed E-state index contributed by atoms with van der Waals surface area (Å²) in [4.78, 5) is 12.4. The monoisotopic (exact) mass is 304 g/mol. The summed E-state index contributed by atoms with van der Waals surface area (Å²) in [5.41, 5.74) is 1.47. The second kappa shape index (κ2) is 4.85. The molecule has 3 aromatic rings. The topological polar surface area (TPSA) is 35.5 Å². The van der Waals surface area contributed by atoms with Crippen molar-refractivity contribution in [3.05, 3.63) is 77.4 Å². The third-order valence-electron chi connectivity index (χ3n) is 4.54. The zero-order chi connectivity index (χ0) is 16.0. The predicted molar refractivity (Wildman–Crippen MR) is 88.8 cm³/mol. The Bertz CT molecular complexity index is 924. The first-order valence-electron chi connectivity index (χ1n) is 7.54. The number of rotatable bonds is 2. The van der Waals surface area contributed by atoms with E-state index in [9.17, 15) is 4.79 Å². The lowest BCUT2D eigenvalue weighted by molar-refractivity contribution is 0.0180. The van der Waals surface area contributed by atoms with Gasteiger partial charge in [-0.3, -0.25) is 0 Å². The molecule has 0 aliphatic carbocycles. The smallest absolute Gasteiger partial charge is 0.339 e. The zero-order valence-corrected chi connectivity index (χ0v) is 13.0. The number of cyclic esters (lactones) is 1. The van der Waals surface area contributed by atoms with Crippen molar-refractivity contribution in [1.29, 1.82) is 0 Å². The van der Waals surface area contributed by atoms with E-state index in [1.807, 2.05) is 43.3 Å². The van der Waals surface area contributed by atoms with E-state index in [2.05, 4.69) is 18.2 Å². The van der Waals surface area contributed by atoms with Crippen LogP contribution in [-0.4, -0.2) is 13.1 Å². The number of esters is 1. The summed E-state index contributed by atoms with van der Waals surface area (Å²) in [7, 11) is 1.61. The summed E-state index contributed by atoms with van der Waals surface area (Å²) in [6.07, 6.45) is 0. The third-order valence-corrected chi connectivity index (χ3v) is 4.54. The molecule has 3 nitrogen and oxygen atoms in total. The molecule has 4 rings (SSSR count). The molecule has 0 amide bonds. The molecule has 0 bridgehead atoms. The van der Waals surface area contributed by atoms with E-state index in [1.165, 1.54) is 0 Å². The number of benzene rings is 3. The van der Waals surface area contributed by atoms with Crippen LogP contribution in [0.25, 0.3) is 10.8 Å². The molecule has 0 spiro atoms. The minimum atomic E-state index is -0.861. The van der Waals surface area contributed by atoms with Crippen LogP contribution in [0.1, 0.15) is 28.4 Å². The maximum Gasteiger partial charge on any atom is 0.339 e. The highest BCUT2D eigenvalue weighted by atomic mass is 16.6. The lowest BCUT2D eigenvalue weighted by Crippen LogP contribution is -2.24. The molecule has 0 aromatic heterocycles. The predicted octanol–water partition coefficient (Wildman–Crippen LogP) is 4.28. The fourth-order valence-corrected chi connectivity index (χ4v) is 3.49. The van der Waals surface area contributed by atoms with E-state index < -0.39 is 5.60 Å². The number of hydrogen-bond donors (Lipinski definition) is 0. The number of carbonyl (C=O) groups is 1. The van der Waals surface area contributed by atoms with Crippen LogP contribution in [0.5, 0.6) is 5.75 Å². The molecule has 3 aromatic carbocycles. The van der Waals surface area contributed by atoms with E-state index in [0.717, 1.165) is 21.9 Å². The third kappa shape index (κ3) is 1.86. The maximum atomic E-state index is 12.4. The Labute approximate surface area is 134 Å². The summed E-state index contributed by atoms with van der Waals surface area (Å²) in [5, 5.41) is 2.19. The second-order valence-electron chi connectivity index (χ2n) is 5.83. The molecule has 1 heterocycles. The van der Waals surface area contributed by atoms with Crippen LogP contribution in [0.15, 0.2) is 60.7 Å². The summed E-state index contributed by atoms with van der Waals surface area (Å²) in [6.45, 7) is 1.93. The van der Waals surface area contributed by atoms with Crippen LogP contribution in [0.3, 0.4) is 0 Å². The minimum Gasteiger partial charge on any atom is -0.496 e. The van der Waals surface area contributed by atoms with Crippen LogP contribution >= 0.6 is 0 Å². The molecule has 0 fully saturated rings. The number of methoxy groups -OCH3 is 1. The van der Waals surface area contributed by atoms with Crippen LogP contribution in [0, 0.1) is 0 Å². The molecular formula is C20H16O3. The van der Waals surface area contributed by atoms with Gasteiger partial charge < -0.3 is 9.47 Å². The quantitative estimate of drug-likeness (QED) is 0.663. The van der Waals surface area contributed by atoms with E-state index >= 15 is 0 Å². The van der Waals surface area contributed by atoms with Gasteiger partial charge in [-0.15, -0.1) is 0 Å². The lowest BCUT2D eigenvalue weighted by atomic mass is 9.84. The number of ether oxygens (including phenoxy) is 2. The van der Waals surface area contributed by atoms with Crippen molar-refractivity contribution in [2.45, 2.75) is 12.5 Å². The number of carbonyl (C=O) groups excluding carboxylic acids is 1. The Morgan fingerprint density at radius 3 is 2.52 bits per heavy atom. The SMILES string of the molecule is COc1cccc2c1C(C)(c1cccc3ccccc13)OC2=O. The Kier molecular flexibility index (Phi) is 2.91. The van der Waals surface area contributed by atoms with Gasteiger partial charge in [0.05, 0.1) is 18.2 Å². The molecule has 0 saturated heterocycles. The van der Waals surface area contributed by atoms with E-state index in [1.54, 1.807) is 13.2 Å². The fourth-order valence-electron chi connectivity index (χ4n) is 3.49. The number of fused-ring (bicyclic) bond motifs is 2. The summed E-state index contributed by atoms with van der Waals surface area (Å²) >= 11 is 0. The van der Waals surface area contributed by atoms with Gasteiger partial charge in [0.25, 0.3) is 0 Å². The molecule has 1 atom stereocenters. The molecule has 1 aliphatic rings. The molecule has 0 saturated carbocycles. The first kappa shape index (κ1) is 13.8. The first-order valence-corrected chi connectivity index (χ1v) is 7.54. The van der Waals surface area contributed by atoms with Crippen LogP contribution in [0.2, 0.25) is 0 Å². The molecule has 0 N–H and O–H groups in total. The van der Waals surface area contributed by atoms with E-state index in [0.29, 0.717) is 11.3 Å². The van der Waals surface area contributed by atoms with Crippen molar-refractivity contribution in [2.75, 3.05) is 7.11 Å². The maximum absolute atomic E-state index is 12.4. The molecule has 23 heavy (non-hydrogen) atoms. The van der Waals surface area contributed by atoms with Crippen molar-refractivity contribution >= 4 is 16.7 Å². The summed E-state index contributed by atoms with van der Waals surface area (Å²) < 4.78 is 11.3. The van der Waals surface area contributed by atoms with Gasteiger partial charge in [0, 0.05) is 5.56 Å². The van der Waals surface area contributed by atoms with Gasteiger partial charge in [0.2, 0.25) is 0 Å². The average Bonchev–Trinajstić information content (AvgIpc) is 2.86. The van der Waals surface area contributed by atoms with E-state index in [4.69, 9.17) is 9.47 Å². The highest BCUT2D eigenvalue weighted by molar-refractivity contribution is 5.98. The Hall–Kier alpha value is -2.81. The van der Waals surface area contributed by atoms with Gasteiger partial charge in [-0.2, -0.15) is 0 Å². The lowest BCUT2D eigenvalue weighted by Gasteiger charge is -2.27. The first-order chi connectivity index (χ1) is 11.1. The van der Waals surface area contributed by atoms with Gasteiger partial charge in [-0.05, 0) is 29.8 Å². The van der Waals surface area contributed by atoms with Gasteiger partial charge in [-0.25, -0.2) is 4.79 Å². The van der Waals surface area contributed by atoms with Crippen molar-refractivity contribution in [3.63, 3.8) is 0 Å². The molecule has 1 aliphatic heterocycles. The molecule has 3 heteroatoms. The van der Waals surface area contributed by atoms with E-state index in [-0.39, 0.29) is 5.97 Å². The molecule has 0 radical (unpaired) electrons. The normalized spacial score (nSPS) is 19.5. The fraction of sp³-hybridized carbons (Fsp3) is 0.150. The minimum absolute atomic E-state index is 0.311. The molecule has 1 unspecified atom stereocenters. The average molecular weight is 304 g/mol. The van der Waals surface area contributed by atoms with Crippen LogP contribution in [0.4, 0.5) is 0 Å². The standard InChI is InChI=1S/C20H16O3/c1-20(16-11-5-8-13-7-3-4-9-14(13)16)18-15(19(21)23-20)10-6-12-17(18)22-2/h3-12H,1-2H3. The van der Waals surface area contributed by atoms with Gasteiger partial charge in [0.1, 0.15) is 5.75 Å². The van der Waals surface area contributed by atoms with Gasteiger partial charge in [0.15, 0.2) is 5.60 Å². The zero-order valence-electron chi connectivity index (χ0n) is 13.0. The van der Waals surface area contributed by atoms with Crippen molar-refractivity contribution in [1.82, 2.24) is 0 Å². The van der Waals surface area contributed by atoms with Gasteiger partial charge >= 0.3 is 5.97 Å². The Morgan fingerprint density at radius 2 is 1.70 bits per heavy atom. The molecular weight excluding hydrogens is 288 g/mol. The Morgan fingerprint density at radius 1 is 0.957 bits per heavy atom. The van der Waals surface area contributed by atoms with Crippen LogP contribution in [-0.2, 0) is 10.3 Å². The van der Waals surface area contributed by atoms with Gasteiger partial charge in [-0.1, -0.05) is 48.5 Å². The largest absolute Gasteiger partial charge is 0.496 e. The molecule has 114 valence electrons. The van der Waals surface area contributed by atoms with Crippen molar-refractivity contribution in [3.8, 4) is 5.75 Å². The summed E-state index contributed by atoms with van der Waals surface area (Å²) in [6, 6.07) is 19.6. The highest BCUT2D eigenvalue weighted by Crippen LogP contribution is 2.47. The van der Waals surface area contributed by atoms with Crippen molar-refractivity contribution in [2.24, 2.45) is 0 Å². The van der Waals surface area contributed by atoms with Crippen LogP contribution < -0.4 is 4.74 Å². The number of hydrogen-bond acceptors (Lipinski definition) is 3. The Balaban J connectivity index is 2.05. The highest BCUT2D eigenvalue weighted by Gasteiger charge is 2.46. The summed E-state index contributed by atoms with van der Waals surface area (Å²) in [5.74, 6) is 0.359. The van der Waals surface area contributed by atoms with Crippen molar-refractivity contribution < 1.29 is 14.3 Å². The second-order valence-corrected chi connectivity index (χ2v) is 5.83.